The average molecular weight is 550 g/mol. The molecule has 10 nitrogen and oxygen atoms in total. The van der Waals surface area contributed by atoms with Gasteiger partial charge >= 0.3 is 0 Å². The van der Waals surface area contributed by atoms with E-state index in [1.54, 1.807) is 24.5 Å². The highest BCUT2D eigenvalue weighted by molar-refractivity contribution is 7.90. The molecule has 11 heteroatoms. The van der Waals surface area contributed by atoms with Crippen LogP contribution in [0.15, 0.2) is 78.2 Å². The van der Waals surface area contributed by atoms with Gasteiger partial charge in [-0.05, 0) is 54.8 Å². The number of hydrogen-bond donors (Lipinski definition) is 4. The summed E-state index contributed by atoms with van der Waals surface area (Å²) in [5, 5.41) is 6.34. The van der Waals surface area contributed by atoms with E-state index in [-0.39, 0.29) is 5.91 Å². The Kier molecular flexibility index (Phi) is 10.0. The van der Waals surface area contributed by atoms with Gasteiger partial charge in [-0.1, -0.05) is 24.3 Å². The van der Waals surface area contributed by atoms with E-state index in [9.17, 15) is 13.2 Å². The molecule has 206 valence electrons. The lowest BCUT2D eigenvalue weighted by Gasteiger charge is -2.20. The van der Waals surface area contributed by atoms with Gasteiger partial charge in [0.25, 0.3) is 5.91 Å². The van der Waals surface area contributed by atoms with E-state index in [1.165, 1.54) is 6.26 Å². The number of imidazole rings is 2. The Balaban J connectivity index is 1.15. The maximum Gasteiger partial charge on any atom is 0.251 e. The van der Waals surface area contributed by atoms with Crippen LogP contribution in [-0.4, -0.2) is 58.5 Å². The third-order valence-electron chi connectivity index (χ3n) is 6.23. The van der Waals surface area contributed by atoms with Crippen LogP contribution in [0.25, 0.3) is 0 Å². The molecule has 39 heavy (non-hydrogen) atoms. The molecule has 1 amide bonds. The maximum absolute atomic E-state index is 12.6. The van der Waals surface area contributed by atoms with Crippen molar-refractivity contribution in [3.8, 4) is 0 Å². The van der Waals surface area contributed by atoms with Gasteiger partial charge in [0, 0.05) is 56.2 Å². The minimum absolute atomic E-state index is 0.0801. The van der Waals surface area contributed by atoms with Crippen molar-refractivity contribution in [2.24, 2.45) is 0 Å². The van der Waals surface area contributed by atoms with Crippen LogP contribution >= 0.6 is 0 Å². The Labute approximate surface area is 229 Å². The Hall–Kier alpha value is -3.80. The second kappa shape index (κ2) is 13.8. The quantitative estimate of drug-likeness (QED) is 0.167. The van der Waals surface area contributed by atoms with Gasteiger partial charge in [-0.25, -0.2) is 18.4 Å². The molecule has 2 aromatic heterocycles. The minimum atomic E-state index is -3.17. The van der Waals surface area contributed by atoms with E-state index in [0.29, 0.717) is 43.2 Å². The van der Waals surface area contributed by atoms with Gasteiger partial charge < -0.3 is 20.6 Å². The fraction of sp³-hybridized carbons (Fsp3) is 0.321. The lowest BCUT2D eigenvalue weighted by atomic mass is 10.1. The van der Waals surface area contributed by atoms with Crippen molar-refractivity contribution in [2.75, 3.05) is 19.3 Å². The molecular formula is C28H35N7O3S. The molecule has 0 atom stereocenters. The summed E-state index contributed by atoms with van der Waals surface area (Å²) in [5.74, 6) is 1.69. The van der Waals surface area contributed by atoms with Crippen molar-refractivity contribution in [1.29, 1.82) is 0 Å². The van der Waals surface area contributed by atoms with E-state index < -0.39 is 9.84 Å². The molecule has 0 spiro atoms. The molecule has 2 heterocycles. The summed E-state index contributed by atoms with van der Waals surface area (Å²) in [5.41, 5.74) is 2.77. The Morgan fingerprint density at radius 1 is 0.821 bits per heavy atom. The van der Waals surface area contributed by atoms with Crippen molar-refractivity contribution in [3.63, 3.8) is 0 Å². The van der Waals surface area contributed by atoms with Crippen LogP contribution < -0.4 is 10.6 Å². The fourth-order valence-corrected chi connectivity index (χ4v) is 4.78. The highest BCUT2D eigenvalue weighted by atomic mass is 32.2. The first-order chi connectivity index (χ1) is 18.9. The first-order valence-corrected chi connectivity index (χ1v) is 14.8. The SMILES string of the molecule is CS(=O)(=O)c1ccc(CNCCCCNC(=O)c2ccc(CN(Cc3ncc[nH]3)Cc3ncc[nH]3)cc2)cc1. The summed E-state index contributed by atoms with van der Waals surface area (Å²) in [4.78, 5) is 30.1. The van der Waals surface area contributed by atoms with E-state index in [1.807, 2.05) is 48.8 Å². The summed E-state index contributed by atoms with van der Waals surface area (Å²) in [6, 6.07) is 14.6. The van der Waals surface area contributed by atoms with Gasteiger partial charge in [0.2, 0.25) is 0 Å². The van der Waals surface area contributed by atoms with E-state index in [2.05, 4.69) is 35.5 Å². The number of carbonyl (C=O) groups is 1. The normalized spacial score (nSPS) is 11.6. The Morgan fingerprint density at radius 3 is 1.97 bits per heavy atom. The van der Waals surface area contributed by atoms with Crippen LogP contribution in [0.2, 0.25) is 0 Å². The summed E-state index contributed by atoms with van der Waals surface area (Å²) in [7, 11) is -3.17. The molecule has 0 aliphatic carbocycles. The van der Waals surface area contributed by atoms with Crippen molar-refractivity contribution in [3.05, 3.63) is 102 Å². The number of aromatic nitrogens is 4. The number of hydrogen-bond acceptors (Lipinski definition) is 7. The zero-order valence-electron chi connectivity index (χ0n) is 22.1. The number of carbonyl (C=O) groups excluding carboxylic acids is 1. The topological polar surface area (TPSA) is 136 Å². The zero-order chi connectivity index (χ0) is 27.5. The van der Waals surface area contributed by atoms with E-state index in [0.717, 1.165) is 42.2 Å². The summed E-state index contributed by atoms with van der Waals surface area (Å²) in [6.07, 6.45) is 10.1. The van der Waals surface area contributed by atoms with Gasteiger partial charge in [-0.15, -0.1) is 0 Å². The second-order valence-electron chi connectivity index (χ2n) is 9.47. The van der Waals surface area contributed by atoms with Gasteiger partial charge in [0.05, 0.1) is 18.0 Å². The van der Waals surface area contributed by atoms with E-state index >= 15 is 0 Å². The lowest BCUT2D eigenvalue weighted by Crippen LogP contribution is -2.26. The van der Waals surface area contributed by atoms with Crippen LogP contribution in [0, 0.1) is 0 Å². The number of H-pyrrole nitrogens is 2. The minimum Gasteiger partial charge on any atom is -0.352 e. The highest BCUT2D eigenvalue weighted by Gasteiger charge is 2.12. The lowest BCUT2D eigenvalue weighted by molar-refractivity contribution is 0.0953. The molecule has 0 bridgehead atoms. The fourth-order valence-electron chi connectivity index (χ4n) is 4.15. The van der Waals surface area contributed by atoms with Crippen LogP contribution in [0.5, 0.6) is 0 Å². The molecule has 4 rings (SSSR count). The average Bonchev–Trinajstić information content (AvgIpc) is 3.63. The largest absolute Gasteiger partial charge is 0.352 e. The number of sulfone groups is 1. The summed E-state index contributed by atoms with van der Waals surface area (Å²) < 4.78 is 23.1. The number of aromatic amines is 2. The van der Waals surface area contributed by atoms with Crippen LogP contribution in [-0.2, 0) is 36.0 Å². The first-order valence-electron chi connectivity index (χ1n) is 12.9. The molecule has 0 saturated heterocycles. The number of nitrogens with zero attached hydrogens (tertiary/aromatic N) is 3. The third-order valence-corrected chi connectivity index (χ3v) is 7.35. The van der Waals surface area contributed by atoms with Crippen molar-refractivity contribution in [1.82, 2.24) is 35.5 Å². The van der Waals surface area contributed by atoms with E-state index in [4.69, 9.17) is 0 Å². The summed E-state index contributed by atoms with van der Waals surface area (Å²) >= 11 is 0. The van der Waals surface area contributed by atoms with Crippen molar-refractivity contribution >= 4 is 15.7 Å². The van der Waals surface area contributed by atoms with Crippen molar-refractivity contribution in [2.45, 2.75) is 43.9 Å². The number of benzene rings is 2. The van der Waals surface area contributed by atoms with Crippen molar-refractivity contribution < 1.29 is 13.2 Å². The molecule has 0 saturated carbocycles. The van der Waals surface area contributed by atoms with Gasteiger partial charge in [-0.2, -0.15) is 0 Å². The molecule has 0 aliphatic rings. The molecule has 0 unspecified atom stereocenters. The predicted octanol–water partition coefficient (Wildman–Crippen LogP) is 3.04. The molecule has 0 radical (unpaired) electrons. The third kappa shape index (κ3) is 9.17. The molecule has 0 aliphatic heterocycles. The number of rotatable bonds is 15. The predicted molar refractivity (Wildman–Crippen MR) is 149 cm³/mol. The van der Waals surface area contributed by atoms with Gasteiger partial charge in [0.1, 0.15) is 11.6 Å². The van der Waals surface area contributed by atoms with Gasteiger partial charge in [0.15, 0.2) is 9.84 Å². The smallest absolute Gasteiger partial charge is 0.251 e. The maximum atomic E-state index is 12.6. The van der Waals surface area contributed by atoms with Crippen LogP contribution in [0.1, 0.15) is 46.0 Å². The first kappa shape index (κ1) is 28.2. The standard InChI is InChI=1S/C28H35N7O3S/c1-39(37,38)25-10-6-22(7-11-25)18-29-12-2-3-13-34-28(36)24-8-4-23(5-9-24)19-35(20-26-30-14-15-31-26)21-27-32-16-17-33-27/h4-11,14-17,29H,2-3,12-13,18-21H2,1H3,(H,30,31)(H,32,33)(H,34,36). The van der Waals surface area contributed by atoms with Crippen LogP contribution in [0.4, 0.5) is 0 Å². The zero-order valence-corrected chi connectivity index (χ0v) is 22.9. The molecule has 0 fully saturated rings. The number of amides is 1. The molecule has 4 N–H and O–H groups in total. The Morgan fingerprint density at radius 2 is 1.41 bits per heavy atom. The highest BCUT2D eigenvalue weighted by Crippen LogP contribution is 2.13. The number of unbranched alkanes of at least 4 members (excludes halogenated alkanes) is 1. The van der Waals surface area contributed by atoms with Gasteiger partial charge in [-0.3, -0.25) is 9.69 Å². The monoisotopic (exact) mass is 549 g/mol. The molecule has 2 aromatic carbocycles. The molecular weight excluding hydrogens is 514 g/mol. The second-order valence-corrected chi connectivity index (χ2v) is 11.5. The summed E-state index contributed by atoms with van der Waals surface area (Å²) in [6.45, 7) is 4.08. The Bertz CT molecular complexity index is 1350. The number of nitrogens with one attached hydrogen (secondary N) is 4. The molecule has 4 aromatic rings. The van der Waals surface area contributed by atoms with Crippen LogP contribution in [0.3, 0.4) is 0 Å².